The Bertz CT molecular complexity index is 276. The van der Waals surface area contributed by atoms with Crippen LogP contribution in [0.5, 0.6) is 0 Å². The molecule has 0 radical (unpaired) electrons. The fraction of sp³-hybridized carbons (Fsp3) is 1.00. The van der Waals surface area contributed by atoms with Gasteiger partial charge >= 0.3 is 0 Å². The van der Waals surface area contributed by atoms with Gasteiger partial charge in [0.25, 0.3) is 5.92 Å². The molecule has 3 atom stereocenters. The first kappa shape index (κ1) is 22.7. The summed E-state index contributed by atoms with van der Waals surface area (Å²) in [5.74, 6) is -3.14. The predicted octanol–water partition coefficient (Wildman–Crippen LogP) is 4.39. The summed E-state index contributed by atoms with van der Waals surface area (Å²) in [6.45, 7) is 3.74. The van der Waals surface area contributed by atoms with E-state index in [-0.39, 0.29) is 12.8 Å². The molecule has 0 aliphatic rings. The Morgan fingerprint density at radius 3 is 1.74 bits per heavy atom. The molecule has 0 heterocycles. The second-order valence-electron chi connectivity index (χ2n) is 6.87. The van der Waals surface area contributed by atoms with Crippen molar-refractivity contribution in [3.63, 3.8) is 0 Å². The first-order chi connectivity index (χ1) is 10.8. The Morgan fingerprint density at radius 1 is 0.870 bits per heavy atom. The van der Waals surface area contributed by atoms with Crippen LogP contribution in [0, 0.1) is 0 Å². The molecule has 0 fully saturated rings. The number of halogens is 2. The molecule has 0 aliphatic carbocycles. The van der Waals surface area contributed by atoms with Gasteiger partial charge in [-0.25, -0.2) is 8.78 Å². The monoisotopic (exact) mass is 337 g/mol. The maximum absolute atomic E-state index is 13.8. The summed E-state index contributed by atoms with van der Waals surface area (Å²) in [6, 6.07) is -0.613. The zero-order valence-electron chi connectivity index (χ0n) is 14.9. The third kappa shape index (κ3) is 11.8. The molecule has 0 amide bonds. The Labute approximate surface area is 140 Å². The van der Waals surface area contributed by atoms with Crippen molar-refractivity contribution < 1.29 is 19.0 Å². The summed E-state index contributed by atoms with van der Waals surface area (Å²) in [6.07, 6.45) is 7.20. The van der Waals surface area contributed by atoms with E-state index in [0.29, 0.717) is 6.42 Å². The van der Waals surface area contributed by atoms with Crippen molar-refractivity contribution in [1.29, 1.82) is 0 Å². The first-order valence-electron chi connectivity index (χ1n) is 9.30. The maximum Gasteiger partial charge on any atom is 0.273 e. The molecule has 140 valence electrons. The number of unbranched alkanes of at least 4 members (excludes halogenated alkanes) is 9. The molecular formula is C18H37F2NO2. The van der Waals surface area contributed by atoms with Crippen LogP contribution in [-0.4, -0.2) is 34.4 Å². The van der Waals surface area contributed by atoms with Crippen LogP contribution in [0.2, 0.25) is 0 Å². The Kier molecular flexibility index (Phi) is 12.9. The van der Waals surface area contributed by atoms with E-state index in [9.17, 15) is 19.0 Å². The van der Waals surface area contributed by atoms with Crippen LogP contribution in [0.4, 0.5) is 8.78 Å². The van der Waals surface area contributed by atoms with Gasteiger partial charge in [0, 0.05) is 18.9 Å². The van der Waals surface area contributed by atoms with Gasteiger partial charge in [-0.2, -0.15) is 0 Å². The summed E-state index contributed by atoms with van der Waals surface area (Å²) in [4.78, 5) is 0. The molecule has 0 saturated heterocycles. The van der Waals surface area contributed by atoms with Crippen LogP contribution >= 0.6 is 0 Å². The summed E-state index contributed by atoms with van der Waals surface area (Å²) < 4.78 is 27.6. The van der Waals surface area contributed by atoms with Crippen LogP contribution in [0.25, 0.3) is 0 Å². The summed E-state index contributed by atoms with van der Waals surface area (Å²) in [7, 11) is 0. The minimum atomic E-state index is -3.14. The maximum atomic E-state index is 13.8. The van der Waals surface area contributed by atoms with Crippen molar-refractivity contribution in [2.75, 3.05) is 0 Å². The van der Waals surface area contributed by atoms with Gasteiger partial charge in [0.2, 0.25) is 0 Å². The molecule has 0 spiro atoms. The number of hydrogen-bond donors (Lipinski definition) is 3. The highest BCUT2D eigenvalue weighted by atomic mass is 19.3. The minimum Gasteiger partial charge on any atom is -0.391 e. The molecule has 4 N–H and O–H groups in total. The van der Waals surface area contributed by atoms with Crippen molar-refractivity contribution in [2.24, 2.45) is 5.73 Å². The van der Waals surface area contributed by atoms with Gasteiger partial charge < -0.3 is 15.9 Å². The summed E-state index contributed by atoms with van der Waals surface area (Å²) in [5, 5.41) is 19.1. The SMILES string of the molecule is CCCCCCCCCCCCC(F)(F)[C@@H](O)C[C@@H](O)[C@H](C)N. The van der Waals surface area contributed by atoms with Crippen LogP contribution in [0.1, 0.15) is 90.9 Å². The van der Waals surface area contributed by atoms with Gasteiger partial charge in [0.1, 0.15) is 6.10 Å². The molecule has 0 aromatic carbocycles. The average molecular weight is 337 g/mol. The van der Waals surface area contributed by atoms with Gasteiger partial charge in [-0.15, -0.1) is 0 Å². The highest BCUT2D eigenvalue weighted by Gasteiger charge is 2.38. The third-order valence-corrected chi connectivity index (χ3v) is 4.42. The van der Waals surface area contributed by atoms with E-state index in [1.807, 2.05) is 0 Å². The molecule has 0 unspecified atom stereocenters. The summed E-state index contributed by atoms with van der Waals surface area (Å²) >= 11 is 0. The molecule has 0 aliphatic heterocycles. The van der Waals surface area contributed by atoms with Gasteiger partial charge in [0.15, 0.2) is 0 Å². The van der Waals surface area contributed by atoms with E-state index >= 15 is 0 Å². The lowest BCUT2D eigenvalue weighted by molar-refractivity contribution is -0.128. The number of alkyl halides is 2. The molecular weight excluding hydrogens is 300 g/mol. The number of aliphatic hydroxyl groups is 2. The van der Waals surface area contributed by atoms with E-state index in [2.05, 4.69) is 6.92 Å². The quantitative estimate of drug-likeness (QED) is 0.388. The molecule has 0 aromatic rings. The van der Waals surface area contributed by atoms with Crippen molar-refractivity contribution in [2.45, 2.75) is 115 Å². The molecule has 0 rings (SSSR count). The van der Waals surface area contributed by atoms with Crippen LogP contribution in [0.3, 0.4) is 0 Å². The van der Waals surface area contributed by atoms with E-state index in [0.717, 1.165) is 19.3 Å². The average Bonchev–Trinajstić information content (AvgIpc) is 2.48. The molecule has 0 saturated carbocycles. The fourth-order valence-corrected chi connectivity index (χ4v) is 2.63. The Hall–Kier alpha value is -0.260. The Balaban J connectivity index is 3.65. The fourth-order valence-electron chi connectivity index (χ4n) is 2.63. The highest BCUT2D eigenvalue weighted by molar-refractivity contribution is 4.81. The van der Waals surface area contributed by atoms with Gasteiger partial charge in [0.05, 0.1) is 6.10 Å². The number of rotatable bonds is 15. The minimum absolute atomic E-state index is 0.323. The number of aliphatic hydroxyl groups excluding tert-OH is 2. The number of hydrogen-bond acceptors (Lipinski definition) is 3. The molecule has 0 aromatic heterocycles. The van der Waals surface area contributed by atoms with Crippen molar-refractivity contribution in [3.8, 4) is 0 Å². The van der Waals surface area contributed by atoms with E-state index in [1.165, 1.54) is 45.4 Å². The lowest BCUT2D eigenvalue weighted by atomic mass is 9.97. The van der Waals surface area contributed by atoms with E-state index < -0.39 is 24.2 Å². The van der Waals surface area contributed by atoms with Crippen molar-refractivity contribution in [1.82, 2.24) is 0 Å². The summed E-state index contributed by atoms with van der Waals surface area (Å²) in [5.41, 5.74) is 5.43. The van der Waals surface area contributed by atoms with E-state index in [1.54, 1.807) is 0 Å². The van der Waals surface area contributed by atoms with Gasteiger partial charge in [-0.3, -0.25) is 0 Å². The van der Waals surface area contributed by atoms with Crippen molar-refractivity contribution >= 4 is 0 Å². The zero-order valence-corrected chi connectivity index (χ0v) is 14.9. The second kappa shape index (κ2) is 13.1. The van der Waals surface area contributed by atoms with Crippen LogP contribution < -0.4 is 5.73 Å². The standard InChI is InChI=1S/C18H37F2NO2/c1-3-4-5-6-7-8-9-10-11-12-13-18(19,20)17(23)14-16(22)15(2)21/h15-17,22-23H,3-14,21H2,1-2H3/t15-,16+,17-/m0/s1. The van der Waals surface area contributed by atoms with Crippen LogP contribution in [-0.2, 0) is 0 Å². The Morgan fingerprint density at radius 2 is 1.30 bits per heavy atom. The topological polar surface area (TPSA) is 66.5 Å². The molecule has 3 nitrogen and oxygen atoms in total. The second-order valence-corrected chi connectivity index (χ2v) is 6.87. The molecule has 23 heavy (non-hydrogen) atoms. The molecule has 0 bridgehead atoms. The smallest absolute Gasteiger partial charge is 0.273 e. The predicted molar refractivity (Wildman–Crippen MR) is 91.7 cm³/mol. The van der Waals surface area contributed by atoms with E-state index in [4.69, 9.17) is 5.73 Å². The lowest BCUT2D eigenvalue weighted by Gasteiger charge is -2.25. The third-order valence-electron chi connectivity index (χ3n) is 4.42. The number of nitrogens with two attached hydrogens (primary N) is 1. The van der Waals surface area contributed by atoms with Crippen molar-refractivity contribution in [3.05, 3.63) is 0 Å². The molecule has 5 heteroatoms. The largest absolute Gasteiger partial charge is 0.391 e. The lowest BCUT2D eigenvalue weighted by Crippen LogP contribution is -2.41. The van der Waals surface area contributed by atoms with Gasteiger partial charge in [-0.05, 0) is 13.3 Å². The van der Waals surface area contributed by atoms with Gasteiger partial charge in [-0.1, -0.05) is 64.7 Å². The normalized spacial score (nSPS) is 16.3. The highest BCUT2D eigenvalue weighted by Crippen LogP contribution is 2.29. The first-order valence-corrected chi connectivity index (χ1v) is 9.30. The van der Waals surface area contributed by atoms with Crippen LogP contribution in [0.15, 0.2) is 0 Å². The zero-order chi connectivity index (χ0) is 17.7.